The van der Waals surface area contributed by atoms with Gasteiger partial charge in [-0.2, -0.15) is 5.10 Å². The van der Waals surface area contributed by atoms with E-state index in [1.54, 1.807) is 12.3 Å². The van der Waals surface area contributed by atoms with Gasteiger partial charge in [0.25, 0.3) is 5.91 Å². The van der Waals surface area contributed by atoms with Crippen molar-refractivity contribution in [2.24, 2.45) is 0 Å². The zero-order valence-corrected chi connectivity index (χ0v) is 12.3. The fraction of sp³-hybridized carbons (Fsp3) is 0.385. The maximum absolute atomic E-state index is 11.7. The lowest BCUT2D eigenvalue weighted by Gasteiger charge is -2.04. The molecule has 1 N–H and O–H groups in total. The van der Waals surface area contributed by atoms with Crippen LogP contribution in [-0.4, -0.2) is 22.2 Å². The van der Waals surface area contributed by atoms with Crippen LogP contribution in [0.15, 0.2) is 33.6 Å². The van der Waals surface area contributed by atoms with Crippen LogP contribution in [0.5, 0.6) is 0 Å². The van der Waals surface area contributed by atoms with Crippen molar-refractivity contribution in [1.82, 2.24) is 15.1 Å². The summed E-state index contributed by atoms with van der Waals surface area (Å²) in [6, 6.07) is 1.78. The number of furan rings is 1. The van der Waals surface area contributed by atoms with Gasteiger partial charge in [0.15, 0.2) is 5.76 Å². The SMILES string of the molecule is Cc1ccoc1C(=O)NCCCCn1cc(Br)cn1. The molecule has 2 aromatic rings. The number of amides is 1. The molecule has 0 saturated carbocycles. The zero-order valence-electron chi connectivity index (χ0n) is 10.7. The third-order valence-electron chi connectivity index (χ3n) is 2.77. The minimum absolute atomic E-state index is 0.149. The average molecular weight is 326 g/mol. The summed E-state index contributed by atoms with van der Waals surface area (Å²) in [5.74, 6) is 0.250. The van der Waals surface area contributed by atoms with E-state index in [2.05, 4.69) is 26.3 Å². The number of nitrogens with one attached hydrogen (secondary N) is 1. The van der Waals surface area contributed by atoms with Crippen molar-refractivity contribution in [2.45, 2.75) is 26.3 Å². The standard InChI is InChI=1S/C13H16BrN3O2/c1-10-4-7-19-12(10)13(18)15-5-2-3-6-17-9-11(14)8-16-17/h4,7-9H,2-3,5-6H2,1H3,(H,15,18). The van der Waals surface area contributed by atoms with Gasteiger partial charge in [-0.1, -0.05) is 0 Å². The first-order valence-corrected chi connectivity index (χ1v) is 6.96. The van der Waals surface area contributed by atoms with Gasteiger partial charge in [0.05, 0.1) is 16.9 Å². The van der Waals surface area contributed by atoms with Crippen LogP contribution in [0.1, 0.15) is 29.0 Å². The number of unbranched alkanes of at least 4 members (excludes halogenated alkanes) is 1. The van der Waals surface area contributed by atoms with Gasteiger partial charge in [0.2, 0.25) is 0 Å². The summed E-state index contributed by atoms with van der Waals surface area (Å²) in [6.07, 6.45) is 7.10. The molecule has 0 spiro atoms. The van der Waals surface area contributed by atoms with Crippen molar-refractivity contribution in [3.8, 4) is 0 Å². The molecular formula is C13H16BrN3O2. The molecule has 19 heavy (non-hydrogen) atoms. The molecule has 2 aromatic heterocycles. The number of rotatable bonds is 6. The van der Waals surface area contributed by atoms with Gasteiger partial charge < -0.3 is 9.73 Å². The minimum atomic E-state index is -0.149. The van der Waals surface area contributed by atoms with Gasteiger partial charge in [-0.3, -0.25) is 9.48 Å². The highest BCUT2D eigenvalue weighted by Gasteiger charge is 2.11. The number of aryl methyl sites for hydroxylation is 2. The normalized spacial score (nSPS) is 10.6. The van der Waals surface area contributed by atoms with Crippen LogP contribution in [0.25, 0.3) is 0 Å². The zero-order chi connectivity index (χ0) is 13.7. The maximum Gasteiger partial charge on any atom is 0.287 e. The van der Waals surface area contributed by atoms with E-state index in [-0.39, 0.29) is 5.91 Å². The number of carbonyl (C=O) groups excluding carboxylic acids is 1. The first-order chi connectivity index (χ1) is 9.16. The molecule has 5 nitrogen and oxygen atoms in total. The summed E-state index contributed by atoms with van der Waals surface area (Å²) in [4.78, 5) is 11.7. The molecule has 0 atom stereocenters. The van der Waals surface area contributed by atoms with Crippen molar-refractivity contribution in [1.29, 1.82) is 0 Å². The van der Waals surface area contributed by atoms with Crippen LogP contribution in [0.2, 0.25) is 0 Å². The molecule has 0 bridgehead atoms. The van der Waals surface area contributed by atoms with E-state index in [0.717, 1.165) is 29.4 Å². The summed E-state index contributed by atoms with van der Waals surface area (Å²) < 4.78 is 7.98. The van der Waals surface area contributed by atoms with Gasteiger partial charge in [0.1, 0.15) is 0 Å². The predicted molar refractivity (Wildman–Crippen MR) is 74.9 cm³/mol. The van der Waals surface area contributed by atoms with Crippen molar-refractivity contribution >= 4 is 21.8 Å². The molecule has 0 aliphatic rings. The maximum atomic E-state index is 11.7. The van der Waals surface area contributed by atoms with Crippen molar-refractivity contribution < 1.29 is 9.21 Å². The van der Waals surface area contributed by atoms with Crippen molar-refractivity contribution in [2.75, 3.05) is 6.54 Å². The molecule has 0 fully saturated rings. The Balaban J connectivity index is 1.64. The number of carbonyl (C=O) groups is 1. The average Bonchev–Trinajstić information content (AvgIpc) is 2.97. The van der Waals surface area contributed by atoms with Crippen molar-refractivity contribution in [3.63, 3.8) is 0 Å². The van der Waals surface area contributed by atoms with Crippen LogP contribution in [0.4, 0.5) is 0 Å². The van der Waals surface area contributed by atoms with Gasteiger partial charge in [-0.15, -0.1) is 0 Å². The summed E-state index contributed by atoms with van der Waals surface area (Å²) in [7, 11) is 0. The minimum Gasteiger partial charge on any atom is -0.459 e. The van der Waals surface area contributed by atoms with Crippen LogP contribution < -0.4 is 5.32 Å². The Labute approximate surface area is 120 Å². The molecule has 2 heterocycles. The quantitative estimate of drug-likeness (QED) is 0.831. The van der Waals surface area contributed by atoms with E-state index in [0.29, 0.717) is 12.3 Å². The summed E-state index contributed by atoms with van der Waals surface area (Å²) in [6.45, 7) is 3.34. The molecule has 0 aliphatic carbocycles. The second-order valence-electron chi connectivity index (χ2n) is 4.32. The van der Waals surface area contributed by atoms with E-state index >= 15 is 0 Å². The van der Waals surface area contributed by atoms with Gasteiger partial charge >= 0.3 is 0 Å². The van der Waals surface area contributed by atoms with Crippen LogP contribution >= 0.6 is 15.9 Å². The topological polar surface area (TPSA) is 60.1 Å². The molecule has 0 aliphatic heterocycles. The van der Waals surface area contributed by atoms with E-state index < -0.39 is 0 Å². The largest absolute Gasteiger partial charge is 0.459 e. The Hall–Kier alpha value is -1.56. The molecule has 0 saturated heterocycles. The highest BCUT2D eigenvalue weighted by Crippen LogP contribution is 2.08. The summed E-state index contributed by atoms with van der Waals surface area (Å²) >= 11 is 3.35. The fourth-order valence-electron chi connectivity index (χ4n) is 1.75. The lowest BCUT2D eigenvalue weighted by atomic mass is 10.2. The first kappa shape index (κ1) is 13.9. The van der Waals surface area contributed by atoms with Crippen LogP contribution in [-0.2, 0) is 6.54 Å². The summed E-state index contributed by atoms with van der Waals surface area (Å²) in [5, 5.41) is 7.01. The molecule has 102 valence electrons. The molecule has 6 heteroatoms. The fourth-order valence-corrected chi connectivity index (χ4v) is 2.07. The molecule has 0 radical (unpaired) electrons. The van der Waals surface area contributed by atoms with Crippen LogP contribution in [0.3, 0.4) is 0 Å². The second-order valence-corrected chi connectivity index (χ2v) is 5.23. The molecule has 0 unspecified atom stereocenters. The van der Waals surface area contributed by atoms with Gasteiger partial charge in [-0.05, 0) is 41.8 Å². The first-order valence-electron chi connectivity index (χ1n) is 6.17. The number of nitrogens with zero attached hydrogens (tertiary/aromatic N) is 2. The lowest BCUT2D eigenvalue weighted by Crippen LogP contribution is -2.24. The Morgan fingerprint density at radius 3 is 3.00 bits per heavy atom. The smallest absolute Gasteiger partial charge is 0.287 e. The highest BCUT2D eigenvalue weighted by atomic mass is 79.9. The Morgan fingerprint density at radius 2 is 2.37 bits per heavy atom. The number of hydrogen-bond donors (Lipinski definition) is 1. The lowest BCUT2D eigenvalue weighted by molar-refractivity contribution is 0.0924. The number of halogens is 1. The molecule has 0 aromatic carbocycles. The Bertz CT molecular complexity index is 548. The number of aromatic nitrogens is 2. The molecule has 1 amide bonds. The van der Waals surface area contributed by atoms with Crippen molar-refractivity contribution in [3.05, 3.63) is 40.5 Å². The van der Waals surface area contributed by atoms with Gasteiger partial charge in [-0.25, -0.2) is 0 Å². The van der Waals surface area contributed by atoms with Gasteiger partial charge in [0, 0.05) is 24.8 Å². The molecule has 2 rings (SSSR count). The molecular weight excluding hydrogens is 310 g/mol. The third kappa shape index (κ3) is 3.96. The Kier molecular flexibility index (Phi) is 4.79. The third-order valence-corrected chi connectivity index (χ3v) is 3.18. The number of hydrogen-bond acceptors (Lipinski definition) is 3. The summed E-state index contributed by atoms with van der Waals surface area (Å²) in [5.41, 5.74) is 0.860. The van der Waals surface area contributed by atoms with E-state index in [1.807, 2.05) is 17.8 Å². The monoisotopic (exact) mass is 325 g/mol. The second kappa shape index (κ2) is 6.56. The Morgan fingerprint density at radius 1 is 1.53 bits per heavy atom. The van der Waals surface area contributed by atoms with E-state index in [9.17, 15) is 4.79 Å². The predicted octanol–water partition coefficient (Wildman–Crippen LogP) is 2.76. The van der Waals surface area contributed by atoms with E-state index in [1.165, 1.54) is 6.26 Å². The van der Waals surface area contributed by atoms with E-state index in [4.69, 9.17) is 4.42 Å². The van der Waals surface area contributed by atoms with Crippen LogP contribution in [0, 0.1) is 6.92 Å². The highest BCUT2D eigenvalue weighted by molar-refractivity contribution is 9.10.